The van der Waals surface area contributed by atoms with Crippen molar-refractivity contribution in [2.45, 2.75) is 0 Å². The smallest absolute Gasteiger partial charge is 0.231 e. The van der Waals surface area contributed by atoms with E-state index in [9.17, 15) is 0 Å². The molecule has 4 aromatic rings. The van der Waals surface area contributed by atoms with E-state index in [-0.39, 0.29) is 0 Å². The molecule has 0 unspecified atom stereocenters. The summed E-state index contributed by atoms with van der Waals surface area (Å²) in [6, 6.07) is 27.8. The Hall–Kier alpha value is -2.85. The van der Waals surface area contributed by atoms with Crippen LogP contribution >= 0.6 is 11.3 Å². The average Bonchev–Trinajstić information content (AvgIpc) is 3.33. The van der Waals surface area contributed by atoms with Crippen LogP contribution in [0.4, 0.5) is 0 Å². The van der Waals surface area contributed by atoms with Crippen LogP contribution < -0.4 is 9.47 Å². The summed E-state index contributed by atoms with van der Waals surface area (Å²) in [6.45, 7) is 0.360. The molecule has 0 aliphatic carbocycles. The van der Waals surface area contributed by atoms with Crippen molar-refractivity contribution >= 4 is 21.6 Å². The Labute approximate surface area is 145 Å². The molecule has 1 aliphatic rings. The summed E-state index contributed by atoms with van der Waals surface area (Å²) in [7, 11) is 0. The highest BCUT2D eigenvalue weighted by molar-refractivity contribution is 7.16. The minimum atomic E-state index is 0.360. The van der Waals surface area contributed by atoms with Crippen LogP contribution in [0.15, 0.2) is 90.4 Å². The van der Waals surface area contributed by atoms with Gasteiger partial charge < -0.3 is 9.47 Å². The van der Waals surface area contributed by atoms with Crippen molar-refractivity contribution in [3.63, 3.8) is 0 Å². The summed E-state index contributed by atoms with van der Waals surface area (Å²) in [5, 5.41) is 0. The van der Waals surface area contributed by atoms with E-state index < -0.39 is 0 Å². The first-order valence-electron chi connectivity index (χ1n) is 7.56. The monoisotopic (exact) mass is 335 g/mol. The molecular formula is C20H17NO2S. The zero-order chi connectivity index (χ0) is 16.5. The summed E-state index contributed by atoms with van der Waals surface area (Å²) in [4.78, 5) is 4.14. The zero-order valence-electron chi connectivity index (χ0n) is 13.0. The first kappa shape index (κ1) is 16.0. The van der Waals surface area contributed by atoms with Crippen LogP contribution in [0.3, 0.4) is 0 Å². The van der Waals surface area contributed by atoms with Gasteiger partial charge in [0.1, 0.15) is 0 Å². The van der Waals surface area contributed by atoms with E-state index in [0.29, 0.717) is 6.79 Å². The lowest BCUT2D eigenvalue weighted by Gasteiger charge is -1.89. The van der Waals surface area contributed by atoms with Crippen molar-refractivity contribution in [2.24, 2.45) is 0 Å². The van der Waals surface area contributed by atoms with Crippen molar-refractivity contribution in [1.82, 2.24) is 4.98 Å². The Morgan fingerprint density at radius 3 is 1.79 bits per heavy atom. The van der Waals surface area contributed by atoms with E-state index in [1.165, 1.54) is 4.70 Å². The summed E-state index contributed by atoms with van der Waals surface area (Å²) in [5.41, 5.74) is 2.97. The molecule has 4 heteroatoms. The van der Waals surface area contributed by atoms with Crippen molar-refractivity contribution in [2.75, 3.05) is 6.79 Å². The Bertz CT molecular complexity index is 782. The minimum Gasteiger partial charge on any atom is -0.454 e. The number of aromatic nitrogens is 1. The Morgan fingerprint density at radius 1 is 0.667 bits per heavy atom. The van der Waals surface area contributed by atoms with Gasteiger partial charge in [0.15, 0.2) is 11.5 Å². The fourth-order valence-corrected chi connectivity index (χ4v) is 2.71. The van der Waals surface area contributed by atoms with Crippen LogP contribution in [0.1, 0.15) is 0 Å². The number of para-hydroxylation sites is 3. The normalized spacial score (nSPS) is 11.0. The molecule has 3 nitrogen and oxygen atoms in total. The zero-order valence-corrected chi connectivity index (χ0v) is 13.9. The molecule has 0 saturated carbocycles. The van der Waals surface area contributed by atoms with Gasteiger partial charge in [-0.2, -0.15) is 0 Å². The van der Waals surface area contributed by atoms with E-state index >= 15 is 0 Å². The van der Waals surface area contributed by atoms with Crippen LogP contribution in [0.5, 0.6) is 11.5 Å². The van der Waals surface area contributed by atoms with Gasteiger partial charge in [-0.1, -0.05) is 60.7 Å². The number of nitrogens with zero attached hydrogens (tertiary/aromatic N) is 1. The lowest BCUT2D eigenvalue weighted by atomic mass is 10.3. The number of hydrogen-bond acceptors (Lipinski definition) is 4. The SMILES string of the molecule is c1ccc2c(c1)OCO2.c1ccc2scnc2c1.c1ccccc1. The van der Waals surface area contributed by atoms with E-state index in [1.54, 1.807) is 11.3 Å². The van der Waals surface area contributed by atoms with Gasteiger partial charge in [-0.15, -0.1) is 11.3 Å². The topological polar surface area (TPSA) is 31.4 Å². The highest BCUT2D eigenvalue weighted by Gasteiger charge is 2.09. The number of hydrogen-bond donors (Lipinski definition) is 0. The number of fused-ring (bicyclic) bond motifs is 2. The lowest BCUT2D eigenvalue weighted by molar-refractivity contribution is 0.174. The van der Waals surface area contributed by atoms with Gasteiger partial charge in [-0.25, -0.2) is 4.98 Å². The molecule has 0 N–H and O–H groups in total. The third-order valence-corrected chi connectivity index (χ3v) is 3.99. The van der Waals surface area contributed by atoms with Gasteiger partial charge in [0, 0.05) is 0 Å². The van der Waals surface area contributed by atoms with Gasteiger partial charge >= 0.3 is 0 Å². The molecule has 2 heterocycles. The quantitative estimate of drug-likeness (QED) is 0.431. The largest absolute Gasteiger partial charge is 0.454 e. The van der Waals surface area contributed by atoms with Crippen LogP contribution in [0.2, 0.25) is 0 Å². The number of rotatable bonds is 0. The maximum Gasteiger partial charge on any atom is 0.231 e. The molecule has 0 spiro atoms. The van der Waals surface area contributed by atoms with Crippen molar-refractivity contribution in [1.29, 1.82) is 0 Å². The van der Waals surface area contributed by atoms with Crippen molar-refractivity contribution < 1.29 is 9.47 Å². The molecule has 1 aromatic heterocycles. The molecule has 3 aromatic carbocycles. The summed E-state index contributed by atoms with van der Waals surface area (Å²) in [6.07, 6.45) is 0. The fraction of sp³-hybridized carbons (Fsp3) is 0.0500. The van der Waals surface area contributed by atoms with Crippen molar-refractivity contribution in [3.8, 4) is 11.5 Å². The highest BCUT2D eigenvalue weighted by atomic mass is 32.1. The predicted octanol–water partition coefficient (Wildman–Crippen LogP) is 5.40. The van der Waals surface area contributed by atoms with Crippen LogP contribution in [-0.4, -0.2) is 11.8 Å². The van der Waals surface area contributed by atoms with E-state index in [1.807, 2.05) is 84.4 Å². The molecule has 0 bridgehead atoms. The highest BCUT2D eigenvalue weighted by Crippen LogP contribution is 2.30. The second-order valence-electron chi connectivity index (χ2n) is 4.83. The second-order valence-corrected chi connectivity index (χ2v) is 5.71. The molecule has 0 radical (unpaired) electrons. The molecule has 5 rings (SSSR count). The molecular weight excluding hydrogens is 318 g/mol. The summed E-state index contributed by atoms with van der Waals surface area (Å²) < 4.78 is 11.4. The summed E-state index contributed by atoms with van der Waals surface area (Å²) in [5.74, 6) is 1.69. The van der Waals surface area contributed by atoms with Gasteiger partial charge in [-0.05, 0) is 24.3 Å². The van der Waals surface area contributed by atoms with Crippen molar-refractivity contribution in [3.05, 3.63) is 90.4 Å². The maximum atomic E-state index is 5.08. The van der Waals surface area contributed by atoms with Crippen LogP contribution in [0.25, 0.3) is 10.2 Å². The van der Waals surface area contributed by atoms with Crippen LogP contribution in [-0.2, 0) is 0 Å². The molecule has 0 saturated heterocycles. The number of benzene rings is 3. The molecule has 0 fully saturated rings. The van der Waals surface area contributed by atoms with Crippen LogP contribution in [0, 0.1) is 0 Å². The molecule has 24 heavy (non-hydrogen) atoms. The third-order valence-electron chi connectivity index (χ3n) is 3.18. The Balaban J connectivity index is 0.000000108. The van der Waals surface area contributed by atoms with Gasteiger partial charge in [0.2, 0.25) is 6.79 Å². The maximum absolute atomic E-state index is 5.08. The number of thiazole rings is 1. The van der Waals surface area contributed by atoms with E-state index in [2.05, 4.69) is 11.1 Å². The first-order chi connectivity index (χ1) is 11.9. The molecule has 0 amide bonds. The third kappa shape index (κ3) is 4.57. The average molecular weight is 335 g/mol. The van der Waals surface area contributed by atoms with E-state index in [4.69, 9.17) is 9.47 Å². The fourth-order valence-electron chi connectivity index (χ4n) is 2.03. The van der Waals surface area contributed by atoms with Gasteiger partial charge in [-0.3, -0.25) is 0 Å². The number of ether oxygens (including phenoxy) is 2. The molecule has 120 valence electrons. The predicted molar refractivity (Wildman–Crippen MR) is 98.6 cm³/mol. The Kier molecular flexibility index (Phi) is 5.81. The Morgan fingerprint density at radius 2 is 1.21 bits per heavy atom. The second kappa shape index (κ2) is 8.70. The molecule has 1 aliphatic heterocycles. The lowest BCUT2D eigenvalue weighted by Crippen LogP contribution is -1.92. The van der Waals surface area contributed by atoms with Gasteiger partial charge in [0.05, 0.1) is 15.7 Å². The standard InChI is InChI=1S/C7H5NS.C7H6O2.C6H6/c2*1-2-4-7-6(3-1)8-5-9-7;1-2-4-6-5-3-1/h1-5H;1-4H,5H2;1-6H. The first-order valence-corrected chi connectivity index (χ1v) is 8.44. The van der Waals surface area contributed by atoms with Gasteiger partial charge in [0.25, 0.3) is 0 Å². The van der Waals surface area contributed by atoms with E-state index in [0.717, 1.165) is 17.0 Å². The molecule has 0 atom stereocenters. The summed E-state index contributed by atoms with van der Waals surface area (Å²) >= 11 is 1.68. The minimum absolute atomic E-state index is 0.360.